The molecule has 1 aliphatic heterocycles. The van der Waals surface area contributed by atoms with E-state index in [9.17, 15) is 9.59 Å². The fourth-order valence-corrected chi connectivity index (χ4v) is 4.24. The Morgan fingerprint density at radius 3 is 2.42 bits per heavy atom. The number of nitrogens with zero attached hydrogens (tertiary/aromatic N) is 2. The number of carbonyl (C=O) groups is 2. The van der Waals surface area contributed by atoms with Gasteiger partial charge in [0, 0.05) is 31.7 Å². The molecule has 0 aromatic heterocycles. The van der Waals surface area contributed by atoms with Crippen LogP contribution in [0.4, 0.5) is 0 Å². The Balaban J connectivity index is 1.54. The number of benzene rings is 1. The number of carbonyl (C=O) groups excluding carboxylic acids is 2. The standard InChI is InChI=1S/C21H31N3O2/c1-16-7-3-4-8-17(16)15-19(25)23-11-13-24(14-12-23)20(26)18-9-5-6-10-21(18,2)22/h3-4,7-8,18H,5-6,9-15,22H2,1-2H3. The molecule has 26 heavy (non-hydrogen) atoms. The molecule has 2 amide bonds. The van der Waals surface area contributed by atoms with E-state index in [-0.39, 0.29) is 17.7 Å². The summed E-state index contributed by atoms with van der Waals surface area (Å²) < 4.78 is 0. The molecule has 1 aromatic carbocycles. The molecular weight excluding hydrogens is 326 g/mol. The van der Waals surface area contributed by atoms with Gasteiger partial charge in [0.15, 0.2) is 0 Å². The van der Waals surface area contributed by atoms with Gasteiger partial charge in [-0.3, -0.25) is 9.59 Å². The van der Waals surface area contributed by atoms with Gasteiger partial charge in [-0.25, -0.2) is 0 Å². The maximum Gasteiger partial charge on any atom is 0.227 e. The Labute approximate surface area is 156 Å². The third-order valence-corrected chi connectivity index (χ3v) is 6.10. The van der Waals surface area contributed by atoms with Crippen LogP contribution in [0.25, 0.3) is 0 Å². The van der Waals surface area contributed by atoms with E-state index in [1.165, 1.54) is 0 Å². The van der Waals surface area contributed by atoms with Crippen molar-refractivity contribution in [3.8, 4) is 0 Å². The molecule has 1 aromatic rings. The van der Waals surface area contributed by atoms with E-state index in [1.54, 1.807) is 0 Å². The molecule has 0 bridgehead atoms. The summed E-state index contributed by atoms with van der Waals surface area (Å²) in [6, 6.07) is 8.01. The molecule has 2 N–H and O–H groups in total. The van der Waals surface area contributed by atoms with Gasteiger partial charge >= 0.3 is 0 Å². The van der Waals surface area contributed by atoms with Crippen molar-refractivity contribution < 1.29 is 9.59 Å². The smallest absolute Gasteiger partial charge is 0.227 e. The summed E-state index contributed by atoms with van der Waals surface area (Å²) in [6.45, 7) is 6.51. The predicted molar refractivity (Wildman–Crippen MR) is 103 cm³/mol. The zero-order chi connectivity index (χ0) is 18.7. The first-order chi connectivity index (χ1) is 12.4. The molecule has 1 heterocycles. The summed E-state index contributed by atoms with van der Waals surface area (Å²) in [5.74, 6) is 0.249. The minimum atomic E-state index is -0.396. The second-order valence-corrected chi connectivity index (χ2v) is 8.11. The van der Waals surface area contributed by atoms with Crippen molar-refractivity contribution in [1.29, 1.82) is 0 Å². The lowest BCUT2D eigenvalue weighted by Crippen LogP contribution is -2.57. The van der Waals surface area contributed by atoms with Crippen LogP contribution < -0.4 is 5.73 Å². The average molecular weight is 357 g/mol. The number of hydrogen-bond acceptors (Lipinski definition) is 3. The van der Waals surface area contributed by atoms with E-state index in [4.69, 9.17) is 5.73 Å². The molecule has 5 nitrogen and oxygen atoms in total. The van der Waals surface area contributed by atoms with Crippen molar-refractivity contribution in [2.45, 2.75) is 51.5 Å². The Morgan fingerprint density at radius 2 is 1.77 bits per heavy atom. The van der Waals surface area contributed by atoms with Gasteiger partial charge in [0.25, 0.3) is 0 Å². The summed E-state index contributed by atoms with van der Waals surface area (Å²) in [6.07, 6.45) is 4.43. The SMILES string of the molecule is Cc1ccccc1CC(=O)N1CCN(C(=O)C2CCCCC2(C)N)CC1. The predicted octanol–water partition coefficient (Wildman–Crippen LogP) is 2.12. The number of amides is 2. The summed E-state index contributed by atoms with van der Waals surface area (Å²) in [5.41, 5.74) is 8.23. The van der Waals surface area contributed by atoms with Crippen molar-refractivity contribution in [2.24, 2.45) is 11.7 Å². The van der Waals surface area contributed by atoms with Crippen molar-refractivity contribution in [1.82, 2.24) is 9.80 Å². The van der Waals surface area contributed by atoms with Crippen LogP contribution in [0.2, 0.25) is 0 Å². The highest BCUT2D eigenvalue weighted by Gasteiger charge is 2.40. The lowest BCUT2D eigenvalue weighted by molar-refractivity contribution is -0.144. The fourth-order valence-electron chi connectivity index (χ4n) is 4.24. The van der Waals surface area contributed by atoms with Crippen molar-refractivity contribution in [3.63, 3.8) is 0 Å². The Morgan fingerprint density at radius 1 is 1.12 bits per heavy atom. The summed E-state index contributed by atoms with van der Waals surface area (Å²) >= 11 is 0. The van der Waals surface area contributed by atoms with Crippen LogP contribution in [0.3, 0.4) is 0 Å². The molecule has 1 saturated heterocycles. The normalized spacial score (nSPS) is 26.7. The zero-order valence-electron chi connectivity index (χ0n) is 16.0. The van der Waals surface area contributed by atoms with E-state index in [2.05, 4.69) is 0 Å². The quantitative estimate of drug-likeness (QED) is 0.901. The molecule has 2 unspecified atom stereocenters. The number of piperazine rings is 1. The first-order valence-corrected chi connectivity index (χ1v) is 9.78. The Bertz CT molecular complexity index is 663. The van der Waals surface area contributed by atoms with Gasteiger partial charge in [0.1, 0.15) is 0 Å². The largest absolute Gasteiger partial charge is 0.339 e. The molecule has 3 rings (SSSR count). The van der Waals surface area contributed by atoms with Gasteiger partial charge < -0.3 is 15.5 Å². The molecule has 0 spiro atoms. The van der Waals surface area contributed by atoms with E-state index in [1.807, 2.05) is 47.9 Å². The molecule has 142 valence electrons. The second-order valence-electron chi connectivity index (χ2n) is 8.11. The van der Waals surface area contributed by atoms with Crippen molar-refractivity contribution in [3.05, 3.63) is 35.4 Å². The van der Waals surface area contributed by atoms with E-state index < -0.39 is 5.54 Å². The third-order valence-electron chi connectivity index (χ3n) is 6.10. The summed E-state index contributed by atoms with van der Waals surface area (Å²) in [5, 5.41) is 0. The van der Waals surface area contributed by atoms with Crippen LogP contribution in [0, 0.1) is 12.8 Å². The first kappa shape index (κ1) is 18.9. The monoisotopic (exact) mass is 357 g/mol. The number of hydrogen-bond donors (Lipinski definition) is 1. The lowest BCUT2D eigenvalue weighted by Gasteiger charge is -2.42. The van der Waals surface area contributed by atoms with Gasteiger partial charge in [0.05, 0.1) is 12.3 Å². The lowest BCUT2D eigenvalue weighted by atomic mass is 9.74. The highest BCUT2D eigenvalue weighted by atomic mass is 16.2. The van der Waals surface area contributed by atoms with Gasteiger partial charge in [-0.2, -0.15) is 0 Å². The molecule has 1 saturated carbocycles. The maximum atomic E-state index is 12.9. The molecule has 2 atom stereocenters. The first-order valence-electron chi connectivity index (χ1n) is 9.78. The molecule has 2 fully saturated rings. The second kappa shape index (κ2) is 7.78. The number of rotatable bonds is 3. The third kappa shape index (κ3) is 4.09. The van der Waals surface area contributed by atoms with Crippen molar-refractivity contribution >= 4 is 11.8 Å². The van der Waals surface area contributed by atoms with Crippen molar-refractivity contribution in [2.75, 3.05) is 26.2 Å². The van der Waals surface area contributed by atoms with Gasteiger partial charge in [0.2, 0.25) is 11.8 Å². The van der Waals surface area contributed by atoms with Crippen LogP contribution in [0.1, 0.15) is 43.7 Å². The number of nitrogens with two attached hydrogens (primary N) is 1. The molecule has 0 radical (unpaired) electrons. The Kier molecular flexibility index (Phi) is 5.66. The van der Waals surface area contributed by atoms with Crippen LogP contribution in [-0.4, -0.2) is 53.3 Å². The minimum absolute atomic E-state index is 0.0783. The average Bonchev–Trinajstić information content (AvgIpc) is 2.63. The highest BCUT2D eigenvalue weighted by molar-refractivity contribution is 5.82. The van der Waals surface area contributed by atoms with E-state index >= 15 is 0 Å². The van der Waals surface area contributed by atoms with Gasteiger partial charge in [-0.15, -0.1) is 0 Å². The van der Waals surface area contributed by atoms with Crippen LogP contribution >= 0.6 is 0 Å². The summed E-state index contributed by atoms with van der Waals surface area (Å²) in [7, 11) is 0. The summed E-state index contributed by atoms with van der Waals surface area (Å²) in [4.78, 5) is 29.3. The fraction of sp³-hybridized carbons (Fsp3) is 0.619. The molecule has 2 aliphatic rings. The van der Waals surface area contributed by atoms with E-state index in [0.717, 1.165) is 36.8 Å². The van der Waals surface area contributed by atoms with Crippen LogP contribution in [-0.2, 0) is 16.0 Å². The highest BCUT2D eigenvalue weighted by Crippen LogP contribution is 2.33. The maximum absolute atomic E-state index is 12.9. The zero-order valence-corrected chi connectivity index (χ0v) is 16.0. The van der Waals surface area contributed by atoms with Gasteiger partial charge in [-0.1, -0.05) is 37.1 Å². The minimum Gasteiger partial charge on any atom is -0.339 e. The van der Waals surface area contributed by atoms with E-state index in [0.29, 0.717) is 32.6 Å². The molecule has 5 heteroatoms. The molecule has 1 aliphatic carbocycles. The molecular formula is C21H31N3O2. The number of aryl methyl sites for hydroxylation is 1. The topological polar surface area (TPSA) is 66.6 Å². The van der Waals surface area contributed by atoms with Crippen LogP contribution in [0.5, 0.6) is 0 Å². The van der Waals surface area contributed by atoms with Crippen LogP contribution in [0.15, 0.2) is 24.3 Å². The Hall–Kier alpha value is -1.88. The van der Waals surface area contributed by atoms with Gasteiger partial charge in [-0.05, 0) is 37.8 Å².